The molecule has 0 radical (unpaired) electrons. The topological polar surface area (TPSA) is 319 Å². The van der Waals surface area contributed by atoms with E-state index in [0.717, 1.165) is 224 Å². The van der Waals surface area contributed by atoms with Crippen LogP contribution in [-0.2, 0) is 36.9 Å². The number of ether oxygens (including phenoxy) is 1. The number of likely N-dealkylation sites (tertiary alicyclic amines) is 4. The Balaban J connectivity index is 0.000000219. The molecule has 9 N–H and O–H groups in total. The third-order valence-electron chi connectivity index (χ3n) is 25.1. The predicted molar refractivity (Wildman–Crippen MR) is 590 cm³/mol. The van der Waals surface area contributed by atoms with Crippen molar-refractivity contribution in [1.82, 2.24) is 39.2 Å². The average molecular weight is 2070 g/mol. The summed E-state index contributed by atoms with van der Waals surface area (Å²) in [5, 5.41) is 17.3. The number of carbonyl (C=O) groups is 5. The molecule has 4 saturated heterocycles. The van der Waals surface area contributed by atoms with Crippen LogP contribution in [0.2, 0.25) is 0 Å². The molecule has 0 unspecified atom stereocenters. The van der Waals surface area contributed by atoms with Crippen LogP contribution in [0.25, 0.3) is 21.2 Å². The molecule has 30 heteroatoms. The summed E-state index contributed by atoms with van der Waals surface area (Å²) in [4.78, 5) is 77.1. The van der Waals surface area contributed by atoms with Gasteiger partial charge in [-0.15, -0.1) is 0 Å². The third kappa shape index (κ3) is 37.7. The molecule has 0 spiro atoms. The number of piperidine rings is 4. The van der Waals surface area contributed by atoms with Crippen molar-refractivity contribution in [3.05, 3.63) is 349 Å². The van der Waals surface area contributed by atoms with Gasteiger partial charge < -0.3 is 61.4 Å². The molecule has 0 bridgehead atoms. The van der Waals surface area contributed by atoms with Crippen molar-refractivity contribution in [2.24, 2.45) is 0 Å². The van der Waals surface area contributed by atoms with E-state index in [4.69, 9.17) is 27.2 Å². The van der Waals surface area contributed by atoms with Crippen LogP contribution in [0, 0.1) is 0 Å². The maximum atomic E-state index is 12.8. The fourth-order valence-electron chi connectivity index (χ4n) is 17.1. The van der Waals surface area contributed by atoms with Crippen LogP contribution in [0.5, 0.6) is 0 Å². The van der Waals surface area contributed by atoms with E-state index in [1.54, 1.807) is 36.4 Å². The van der Waals surface area contributed by atoms with Crippen molar-refractivity contribution >= 4 is 143 Å². The van der Waals surface area contributed by atoms with Crippen LogP contribution in [0.4, 0.5) is 27.5 Å². The molecule has 142 heavy (non-hydrogen) atoms. The smallest absolute Gasteiger partial charge is 0.457 e. The van der Waals surface area contributed by atoms with E-state index in [1.807, 2.05) is 190 Å². The Morgan fingerprint density at radius 1 is 0.366 bits per heavy atom. The number of nitrogens with zero attached hydrogens (tertiary/aromatic N) is 8. The van der Waals surface area contributed by atoms with Crippen LogP contribution >= 0.6 is 38.2 Å². The molecule has 24 nitrogen and oxygen atoms in total. The number of benzene rings is 10. The number of methoxy groups -OCH3 is 1. The lowest BCUT2D eigenvalue weighted by Crippen LogP contribution is -2.30. The zero-order valence-corrected chi connectivity index (χ0v) is 89.2. The highest BCUT2D eigenvalue weighted by atomic mass is 79.9. The monoisotopic (exact) mass is 2070 g/mol. The van der Waals surface area contributed by atoms with Gasteiger partial charge in [0.05, 0.1) is 19.6 Å². The van der Waals surface area contributed by atoms with Crippen LogP contribution in [0.3, 0.4) is 0 Å². The number of carbonyl (C=O) groups excluding carboxylic acids is 5. The molecule has 4 heterocycles. The Kier molecular flexibility index (Phi) is 48.0. The Labute approximate surface area is 861 Å². The summed E-state index contributed by atoms with van der Waals surface area (Å²) in [7, 11) is 2.12. The number of sulfonamides is 1. The zero-order chi connectivity index (χ0) is 104. The molecule has 4 fully saturated rings. The molecule has 10 aromatic rings. The van der Waals surface area contributed by atoms with Gasteiger partial charge in [0, 0.05) is 190 Å². The van der Waals surface area contributed by atoms with Crippen molar-refractivity contribution in [2.45, 2.75) is 120 Å². The second-order valence-corrected chi connectivity index (χ2v) is 41.0. The van der Waals surface area contributed by atoms with Gasteiger partial charge in [-0.1, -0.05) is 196 Å². The van der Waals surface area contributed by atoms with Crippen molar-refractivity contribution in [2.75, 3.05) is 160 Å². The molecular weight excluding hydrogens is 1930 g/mol. The number of nitrogens with one attached hydrogen (secondary N) is 1. The lowest BCUT2D eigenvalue weighted by atomic mass is 9.80. The molecule has 0 aromatic heterocycles. The van der Waals surface area contributed by atoms with E-state index < -0.39 is 31.6 Å². The molecule has 4 aliphatic heterocycles. The van der Waals surface area contributed by atoms with Crippen LogP contribution in [0.1, 0.15) is 198 Å². The molecule has 0 aliphatic carbocycles. The average Bonchev–Trinajstić information content (AvgIpc) is 0.803. The van der Waals surface area contributed by atoms with Crippen molar-refractivity contribution in [3.63, 3.8) is 0 Å². The Hall–Kier alpha value is -11.5. The van der Waals surface area contributed by atoms with Gasteiger partial charge in [-0.2, -0.15) is 0 Å². The summed E-state index contributed by atoms with van der Waals surface area (Å²) in [6.45, 7) is 32.2. The number of anilines is 4. The van der Waals surface area contributed by atoms with Gasteiger partial charge >= 0.3 is 12.5 Å². The second kappa shape index (κ2) is 58.9. The van der Waals surface area contributed by atoms with E-state index in [-0.39, 0.29) is 23.6 Å². The number of hydrogen-bond acceptors (Lipinski definition) is 19. The molecule has 4 amide bonds. The highest BCUT2D eigenvalue weighted by Gasteiger charge is 2.26. The number of rotatable bonds is 26. The molecule has 0 atom stereocenters. The zero-order valence-electron chi connectivity index (χ0n) is 84.4. The van der Waals surface area contributed by atoms with Gasteiger partial charge in [-0.25, -0.2) is 21.6 Å². The van der Waals surface area contributed by atoms with Crippen LogP contribution in [-0.4, -0.2) is 241 Å². The van der Waals surface area contributed by atoms with Crippen molar-refractivity contribution in [3.8, 4) is 0 Å². The van der Waals surface area contributed by atoms with Crippen LogP contribution < -0.4 is 27.4 Å². The van der Waals surface area contributed by atoms with Crippen molar-refractivity contribution < 1.29 is 55.6 Å². The second-order valence-electron chi connectivity index (χ2n) is 35.1. The minimum Gasteiger partial charge on any atom is -0.457 e. The summed E-state index contributed by atoms with van der Waals surface area (Å²) >= 11 is 8.35. The molecule has 14 rings (SSSR count). The first-order valence-corrected chi connectivity index (χ1v) is 54.4. The Bertz CT molecular complexity index is 5990. The van der Waals surface area contributed by atoms with Crippen LogP contribution in [0.15, 0.2) is 277 Å². The largest absolute Gasteiger partial charge is 0.488 e. The summed E-state index contributed by atoms with van der Waals surface area (Å²) in [5.74, 6) is 0.339. The SMILES string of the molecule is CCN(CC)C(=O)c1ccc(C(=C2CCN(C)CC2)c2ccc(N)cc2)cc1.CCN(CC)C(=O)c1ccc(C(=C2CCN(Cc3ccccc3)CC2)c2ccc(N)cc2)cc1.CCN(CC)C(=O)c1ccc(C(=C2CCN(Cc3ccccc3)CC2)c2ccc(NS(C)(=O)=O)cc2)cc1.CCN(CC)C(=O)c1ccc(C(Br)=C2CCN(C)CC2)cc1.COC(=O)Cl.CS(=O)(=O)Cl.Nc1ccc(B(O)O)cc1. The number of amides is 4. The minimum absolute atomic E-state index is 0.0428. The fourth-order valence-corrected chi connectivity index (χ4v) is 18.3. The lowest BCUT2D eigenvalue weighted by molar-refractivity contribution is 0.0765. The lowest BCUT2D eigenvalue weighted by Gasteiger charge is -2.30. The molecule has 758 valence electrons. The quantitative estimate of drug-likeness (QED) is 0.0167. The van der Waals surface area contributed by atoms with Gasteiger partial charge in [-0.05, 0) is 290 Å². The highest BCUT2D eigenvalue weighted by Crippen LogP contribution is 2.39. The van der Waals surface area contributed by atoms with E-state index in [9.17, 15) is 40.8 Å². The first kappa shape index (κ1) is 116. The van der Waals surface area contributed by atoms with Gasteiger partial charge in [0.2, 0.25) is 19.1 Å². The van der Waals surface area contributed by atoms with Gasteiger partial charge in [0.25, 0.3) is 23.6 Å². The van der Waals surface area contributed by atoms with Gasteiger partial charge in [0.1, 0.15) is 0 Å². The number of hydrogen-bond donors (Lipinski definition) is 6. The standard InChI is InChI=1S/C31H37N3O3S.C30H35N3O.C24H31N3O.C18H25BrN2O.C6H8BNO2.C2H3ClO2.CH3ClO2S/c1-4-34(5-2)31(35)28-13-11-25(12-14-28)30(26-15-17-29(18-16-26)32-38(3,36)37)27-19-21-33(22-20-27)23-24-9-7-6-8-10-24;1-3-33(4-2)30(34)27-12-10-24(11-13-27)29(25-14-16-28(31)17-15-25)26-18-20-32(21-19-26)22-23-8-6-5-7-9-23;1-4-27(5-2)24(28)21-8-6-18(7-9-21)23(19-10-12-22(25)13-11-19)20-14-16-26(3)17-15-20;1-4-21(5-2)18(22)16-8-6-14(7-9-16)17(19)15-10-12-20(3)13-11-15;8-6-3-1-5(2-4-6)7(9)10;1-5-2(3)4;1-5(2,3)4/h6-18,32H,4-5,19-23H2,1-3H3;5-17H,3-4,18-22,31H2,1-2H3;6-13H,4-5,14-17,25H2,1-3H3;6-9H,4-5,10-13H2,1-3H3;1-4,9-10H,8H2;2*1H3. The first-order chi connectivity index (χ1) is 67.9. The first-order valence-electron chi connectivity index (χ1n) is 48.6. The highest BCUT2D eigenvalue weighted by molar-refractivity contribution is 9.15. The number of nitrogen functional groups attached to an aromatic ring is 3. The Morgan fingerprint density at radius 2 is 0.585 bits per heavy atom. The van der Waals surface area contributed by atoms with E-state index in [2.05, 4.69) is 184 Å². The van der Waals surface area contributed by atoms with E-state index >= 15 is 0 Å². The molecule has 4 aliphatic rings. The fraction of sp³-hybridized carbons (Fsp3) is 0.348. The Morgan fingerprint density at radius 3 is 0.824 bits per heavy atom. The summed E-state index contributed by atoms with van der Waals surface area (Å²) in [6.07, 6.45) is 10.4. The van der Waals surface area contributed by atoms with Gasteiger partial charge in [0.15, 0.2) is 0 Å². The van der Waals surface area contributed by atoms with E-state index in [1.165, 1.54) is 72.8 Å². The number of nitrogens with two attached hydrogens (primary N) is 3. The van der Waals surface area contributed by atoms with Crippen molar-refractivity contribution in [1.29, 1.82) is 0 Å². The minimum atomic E-state index is -3.34. The summed E-state index contributed by atoms with van der Waals surface area (Å²) < 4.78 is 49.8. The maximum absolute atomic E-state index is 12.8. The summed E-state index contributed by atoms with van der Waals surface area (Å²) in [5.41, 5.74) is 42.7. The third-order valence-corrected chi connectivity index (χ3v) is 26.9. The number of halogens is 3. The summed E-state index contributed by atoms with van der Waals surface area (Å²) in [6, 6.07) is 83.6. The maximum Gasteiger partial charge on any atom is 0.488 e. The normalized spacial score (nSPS) is 13.8. The van der Waals surface area contributed by atoms with E-state index in [0.29, 0.717) is 35.5 Å². The predicted octanol–water partition coefficient (Wildman–Crippen LogP) is 19.9. The molecule has 10 aromatic carbocycles. The molecular formula is C112H142BBrCl2N12O12S2. The molecule has 0 saturated carbocycles. The van der Waals surface area contributed by atoms with Gasteiger partial charge in [-0.3, -0.25) is 33.7 Å².